The molecule has 0 amide bonds. The van der Waals surface area contributed by atoms with E-state index in [0.29, 0.717) is 25.3 Å². The van der Waals surface area contributed by atoms with Gasteiger partial charge in [-0.3, -0.25) is 10.1 Å². The fourth-order valence-electron chi connectivity index (χ4n) is 2.46. The number of nitrogens with zero attached hydrogens (tertiary/aromatic N) is 2. The Labute approximate surface area is 124 Å². The number of nitrogens with one attached hydrogen (secondary N) is 1. The number of hydrogen-bond donors (Lipinski definition) is 1. The van der Waals surface area contributed by atoms with Crippen LogP contribution >= 0.6 is 0 Å². The fourth-order valence-corrected chi connectivity index (χ4v) is 3.38. The molecule has 1 aromatic carbocycles. The van der Waals surface area contributed by atoms with E-state index in [2.05, 4.69) is 5.32 Å². The summed E-state index contributed by atoms with van der Waals surface area (Å²) in [5, 5.41) is 14.1. The van der Waals surface area contributed by atoms with E-state index in [-0.39, 0.29) is 11.6 Å². The van der Waals surface area contributed by atoms with Gasteiger partial charge >= 0.3 is 0 Å². The standard InChI is InChI=1S/C13H19N3O4S/c1-10-3-4-12(13(7-10)16(17)18)14-8-11-5-6-15(9-11)21(2,19)20/h3-4,7,11,14H,5-6,8-9H2,1-2H3. The summed E-state index contributed by atoms with van der Waals surface area (Å²) in [5.74, 6) is 0.167. The normalized spacial score (nSPS) is 19.6. The molecule has 21 heavy (non-hydrogen) atoms. The molecular weight excluding hydrogens is 294 g/mol. The van der Waals surface area contributed by atoms with Crippen molar-refractivity contribution < 1.29 is 13.3 Å². The molecule has 1 aromatic rings. The quantitative estimate of drug-likeness (QED) is 0.658. The lowest BCUT2D eigenvalue weighted by Crippen LogP contribution is -2.28. The predicted octanol–water partition coefficient (Wildman–Crippen LogP) is 1.60. The number of sulfonamides is 1. The molecule has 1 heterocycles. The first-order valence-electron chi connectivity index (χ1n) is 6.71. The summed E-state index contributed by atoms with van der Waals surface area (Å²) >= 11 is 0. The lowest BCUT2D eigenvalue weighted by Gasteiger charge is -2.14. The van der Waals surface area contributed by atoms with Gasteiger partial charge in [0.2, 0.25) is 10.0 Å². The first-order valence-corrected chi connectivity index (χ1v) is 8.56. The van der Waals surface area contributed by atoms with E-state index < -0.39 is 14.9 Å². The van der Waals surface area contributed by atoms with Crippen LogP contribution in [0.1, 0.15) is 12.0 Å². The summed E-state index contributed by atoms with van der Waals surface area (Å²) in [6.07, 6.45) is 1.97. The van der Waals surface area contributed by atoms with Gasteiger partial charge in [-0.05, 0) is 30.9 Å². The largest absolute Gasteiger partial charge is 0.379 e. The van der Waals surface area contributed by atoms with E-state index in [9.17, 15) is 18.5 Å². The van der Waals surface area contributed by atoms with Crippen molar-refractivity contribution in [2.75, 3.05) is 31.2 Å². The molecule has 0 saturated carbocycles. The van der Waals surface area contributed by atoms with E-state index in [4.69, 9.17) is 0 Å². The molecule has 1 fully saturated rings. The fraction of sp³-hybridized carbons (Fsp3) is 0.538. The van der Waals surface area contributed by atoms with E-state index in [1.807, 2.05) is 6.07 Å². The Morgan fingerprint density at radius 2 is 2.19 bits per heavy atom. The first-order chi connectivity index (χ1) is 9.77. The minimum absolute atomic E-state index is 0.0490. The summed E-state index contributed by atoms with van der Waals surface area (Å²) in [7, 11) is -3.15. The number of nitro benzene ring substituents is 1. The third-order valence-electron chi connectivity index (χ3n) is 3.65. The van der Waals surface area contributed by atoms with Crippen molar-refractivity contribution in [1.29, 1.82) is 0 Å². The minimum atomic E-state index is -3.15. The van der Waals surface area contributed by atoms with Crippen LogP contribution in [0, 0.1) is 23.0 Å². The van der Waals surface area contributed by atoms with Crippen molar-refractivity contribution >= 4 is 21.4 Å². The van der Waals surface area contributed by atoms with Gasteiger partial charge < -0.3 is 5.32 Å². The van der Waals surface area contributed by atoms with E-state index in [0.717, 1.165) is 12.0 Å². The predicted molar refractivity (Wildman–Crippen MR) is 80.8 cm³/mol. The molecule has 1 unspecified atom stereocenters. The maximum absolute atomic E-state index is 11.5. The molecule has 2 rings (SSSR count). The lowest BCUT2D eigenvalue weighted by atomic mass is 10.1. The third-order valence-corrected chi connectivity index (χ3v) is 4.92. The van der Waals surface area contributed by atoms with Crippen molar-refractivity contribution in [2.45, 2.75) is 13.3 Å². The van der Waals surface area contributed by atoms with Crippen LogP contribution in [0.4, 0.5) is 11.4 Å². The van der Waals surface area contributed by atoms with Gasteiger partial charge in [-0.15, -0.1) is 0 Å². The Bertz CT molecular complexity index is 645. The van der Waals surface area contributed by atoms with E-state index in [1.54, 1.807) is 13.0 Å². The highest BCUT2D eigenvalue weighted by atomic mass is 32.2. The zero-order valence-electron chi connectivity index (χ0n) is 12.1. The van der Waals surface area contributed by atoms with Gasteiger partial charge in [0, 0.05) is 25.7 Å². The van der Waals surface area contributed by atoms with Crippen LogP contribution in [0.25, 0.3) is 0 Å². The molecule has 0 aliphatic carbocycles. The molecule has 0 aromatic heterocycles. The Hall–Kier alpha value is -1.67. The Kier molecular flexibility index (Phi) is 4.48. The van der Waals surface area contributed by atoms with Crippen LogP contribution in [0.5, 0.6) is 0 Å². The van der Waals surface area contributed by atoms with Crippen LogP contribution in [-0.4, -0.2) is 43.5 Å². The second kappa shape index (κ2) is 5.98. The van der Waals surface area contributed by atoms with Gasteiger partial charge in [0.1, 0.15) is 5.69 Å². The molecule has 116 valence electrons. The summed E-state index contributed by atoms with van der Waals surface area (Å²) in [4.78, 5) is 10.6. The van der Waals surface area contributed by atoms with E-state index in [1.165, 1.54) is 16.6 Å². The zero-order valence-corrected chi connectivity index (χ0v) is 12.9. The molecule has 0 radical (unpaired) electrons. The van der Waals surface area contributed by atoms with Gasteiger partial charge in [-0.1, -0.05) is 6.07 Å². The highest BCUT2D eigenvalue weighted by Crippen LogP contribution is 2.26. The van der Waals surface area contributed by atoms with Crippen LogP contribution < -0.4 is 5.32 Å². The second-order valence-corrected chi connectivity index (χ2v) is 7.42. The average molecular weight is 313 g/mol. The molecule has 1 atom stereocenters. The number of anilines is 1. The van der Waals surface area contributed by atoms with Gasteiger partial charge in [-0.2, -0.15) is 0 Å². The Morgan fingerprint density at radius 1 is 1.48 bits per heavy atom. The number of hydrogen-bond acceptors (Lipinski definition) is 5. The summed E-state index contributed by atoms with van der Waals surface area (Å²) in [6.45, 7) is 3.31. The van der Waals surface area contributed by atoms with Crippen LogP contribution in [-0.2, 0) is 10.0 Å². The second-order valence-electron chi connectivity index (χ2n) is 5.43. The molecule has 0 bridgehead atoms. The number of nitro groups is 1. The molecule has 1 N–H and O–H groups in total. The van der Waals surface area contributed by atoms with Crippen molar-refractivity contribution in [1.82, 2.24) is 4.31 Å². The van der Waals surface area contributed by atoms with Crippen molar-refractivity contribution in [2.24, 2.45) is 5.92 Å². The average Bonchev–Trinajstić information content (AvgIpc) is 2.85. The van der Waals surface area contributed by atoms with Crippen molar-refractivity contribution in [3.8, 4) is 0 Å². The maximum atomic E-state index is 11.5. The SMILES string of the molecule is Cc1ccc(NCC2CCN(S(C)(=O)=O)C2)c([N+](=O)[O-])c1. The van der Waals surface area contributed by atoms with Crippen LogP contribution in [0.2, 0.25) is 0 Å². The van der Waals surface area contributed by atoms with Crippen LogP contribution in [0.3, 0.4) is 0 Å². The number of rotatable bonds is 5. The highest BCUT2D eigenvalue weighted by molar-refractivity contribution is 7.88. The van der Waals surface area contributed by atoms with Gasteiger partial charge in [0.05, 0.1) is 11.2 Å². The summed E-state index contributed by atoms with van der Waals surface area (Å²) in [6, 6.07) is 5.03. The third kappa shape index (κ3) is 3.92. The van der Waals surface area contributed by atoms with Gasteiger partial charge in [-0.25, -0.2) is 12.7 Å². The van der Waals surface area contributed by atoms with Crippen molar-refractivity contribution in [3.05, 3.63) is 33.9 Å². The maximum Gasteiger partial charge on any atom is 0.292 e. The smallest absolute Gasteiger partial charge is 0.292 e. The topological polar surface area (TPSA) is 92.6 Å². The Morgan fingerprint density at radius 3 is 2.76 bits per heavy atom. The zero-order chi connectivity index (χ0) is 15.6. The summed E-state index contributed by atoms with van der Waals surface area (Å²) in [5.41, 5.74) is 1.35. The highest BCUT2D eigenvalue weighted by Gasteiger charge is 2.28. The molecule has 7 nitrogen and oxygen atoms in total. The molecular formula is C13H19N3O4S. The molecule has 1 aliphatic heterocycles. The summed E-state index contributed by atoms with van der Waals surface area (Å²) < 4.78 is 24.3. The van der Waals surface area contributed by atoms with Gasteiger partial charge in [0.15, 0.2) is 0 Å². The molecule has 0 spiro atoms. The molecule has 1 aliphatic rings. The Balaban J connectivity index is 2.00. The van der Waals surface area contributed by atoms with E-state index >= 15 is 0 Å². The van der Waals surface area contributed by atoms with Crippen molar-refractivity contribution in [3.63, 3.8) is 0 Å². The van der Waals surface area contributed by atoms with Crippen LogP contribution in [0.15, 0.2) is 18.2 Å². The monoisotopic (exact) mass is 313 g/mol. The first kappa shape index (κ1) is 15.7. The minimum Gasteiger partial charge on any atom is -0.379 e. The number of benzene rings is 1. The lowest BCUT2D eigenvalue weighted by molar-refractivity contribution is -0.384. The number of aryl methyl sites for hydroxylation is 1. The molecule has 8 heteroatoms. The van der Waals surface area contributed by atoms with Gasteiger partial charge in [0.25, 0.3) is 5.69 Å². The molecule has 1 saturated heterocycles.